The fraction of sp³-hybridized carbons (Fsp3) is 0.450. The first-order valence-corrected chi connectivity index (χ1v) is 9.63. The van der Waals surface area contributed by atoms with Gasteiger partial charge in [-0.25, -0.2) is 14.8 Å². The van der Waals surface area contributed by atoms with Crippen molar-refractivity contribution in [1.29, 1.82) is 0 Å². The number of hydrogen-bond acceptors (Lipinski definition) is 6. The molecular weight excluding hydrogens is 356 g/mol. The molecule has 2 aromatic rings. The Balaban J connectivity index is 1.27. The lowest BCUT2D eigenvalue weighted by atomic mass is 10.2. The molecule has 1 aromatic carbocycles. The fourth-order valence-electron chi connectivity index (χ4n) is 3.16. The summed E-state index contributed by atoms with van der Waals surface area (Å²) in [5, 5.41) is 5.79. The van der Waals surface area contributed by atoms with Crippen LogP contribution in [0.5, 0.6) is 5.75 Å². The Hall–Kier alpha value is -2.87. The summed E-state index contributed by atoms with van der Waals surface area (Å²) >= 11 is 0. The first kappa shape index (κ1) is 19.9. The molecule has 0 unspecified atom stereocenters. The summed E-state index contributed by atoms with van der Waals surface area (Å²) in [5.74, 6) is 1.59. The molecule has 0 bridgehead atoms. The quantitative estimate of drug-likeness (QED) is 0.671. The van der Waals surface area contributed by atoms with Gasteiger partial charge >= 0.3 is 6.03 Å². The lowest BCUT2D eigenvalue weighted by Crippen LogP contribution is -2.47. The maximum absolute atomic E-state index is 11.9. The maximum Gasteiger partial charge on any atom is 0.315 e. The minimum absolute atomic E-state index is 0.145. The monoisotopic (exact) mass is 384 g/mol. The zero-order chi connectivity index (χ0) is 19.6. The number of anilines is 1. The van der Waals surface area contributed by atoms with E-state index >= 15 is 0 Å². The normalized spacial score (nSPS) is 14.5. The molecule has 1 saturated heterocycles. The number of ether oxygens (including phenoxy) is 1. The number of amides is 2. The molecule has 1 fully saturated rings. The van der Waals surface area contributed by atoms with Crippen LogP contribution in [0.3, 0.4) is 0 Å². The predicted molar refractivity (Wildman–Crippen MR) is 109 cm³/mol. The molecule has 8 nitrogen and oxygen atoms in total. The van der Waals surface area contributed by atoms with E-state index in [1.54, 1.807) is 19.5 Å². The third-order valence-corrected chi connectivity index (χ3v) is 4.73. The number of rotatable bonds is 8. The zero-order valence-electron chi connectivity index (χ0n) is 16.3. The van der Waals surface area contributed by atoms with Crippen molar-refractivity contribution in [2.75, 3.05) is 51.3 Å². The number of benzene rings is 1. The SMILES string of the molecule is COc1cccc(CNC(=O)NCCCN2CCN(c3ncccn3)CC2)c1. The van der Waals surface area contributed by atoms with Gasteiger partial charge in [0.15, 0.2) is 0 Å². The molecule has 150 valence electrons. The number of hydrogen-bond donors (Lipinski definition) is 2. The maximum atomic E-state index is 11.9. The number of piperazine rings is 1. The molecular formula is C20H28N6O2. The highest BCUT2D eigenvalue weighted by Gasteiger charge is 2.18. The van der Waals surface area contributed by atoms with Gasteiger partial charge in [0.05, 0.1) is 7.11 Å². The van der Waals surface area contributed by atoms with Crippen molar-refractivity contribution in [2.45, 2.75) is 13.0 Å². The molecule has 0 saturated carbocycles. The van der Waals surface area contributed by atoms with Crippen molar-refractivity contribution in [2.24, 2.45) is 0 Å². The molecule has 1 aromatic heterocycles. The fourth-order valence-corrected chi connectivity index (χ4v) is 3.16. The van der Waals surface area contributed by atoms with Crippen LogP contribution >= 0.6 is 0 Å². The highest BCUT2D eigenvalue weighted by Crippen LogP contribution is 2.12. The standard InChI is InChI=1S/C20H28N6O2/c1-28-18-6-2-5-17(15-18)16-24-20(27)23-9-4-10-25-11-13-26(14-12-25)19-21-7-3-8-22-19/h2-3,5-8,15H,4,9-14,16H2,1H3,(H2,23,24,27). The lowest BCUT2D eigenvalue weighted by Gasteiger charge is -2.34. The number of carbonyl (C=O) groups excluding carboxylic acids is 1. The van der Waals surface area contributed by atoms with Crippen LogP contribution in [0.1, 0.15) is 12.0 Å². The Morgan fingerprint density at radius 1 is 1.11 bits per heavy atom. The Labute approximate surface area is 165 Å². The van der Waals surface area contributed by atoms with Gasteiger partial charge in [0.25, 0.3) is 0 Å². The minimum Gasteiger partial charge on any atom is -0.497 e. The third-order valence-electron chi connectivity index (χ3n) is 4.73. The van der Waals surface area contributed by atoms with Crippen LogP contribution in [-0.2, 0) is 6.54 Å². The molecule has 3 rings (SSSR count). The molecule has 0 aliphatic carbocycles. The van der Waals surface area contributed by atoms with Crippen molar-refractivity contribution in [1.82, 2.24) is 25.5 Å². The minimum atomic E-state index is -0.145. The third kappa shape index (κ3) is 6.09. The molecule has 0 radical (unpaired) electrons. The van der Waals surface area contributed by atoms with Gasteiger partial charge < -0.3 is 20.3 Å². The lowest BCUT2D eigenvalue weighted by molar-refractivity contribution is 0.235. The zero-order valence-corrected chi connectivity index (χ0v) is 16.3. The molecule has 0 spiro atoms. The van der Waals surface area contributed by atoms with Gasteiger partial charge in [-0.2, -0.15) is 0 Å². The molecule has 1 aliphatic rings. The molecule has 8 heteroatoms. The molecule has 2 amide bonds. The molecule has 1 aliphatic heterocycles. The highest BCUT2D eigenvalue weighted by atomic mass is 16.5. The summed E-state index contributed by atoms with van der Waals surface area (Å²) in [6.45, 7) is 5.94. The van der Waals surface area contributed by atoms with Gasteiger partial charge in [-0.3, -0.25) is 4.90 Å². The summed E-state index contributed by atoms with van der Waals surface area (Å²) in [6.07, 6.45) is 4.48. The van der Waals surface area contributed by atoms with E-state index in [0.29, 0.717) is 13.1 Å². The van der Waals surface area contributed by atoms with Crippen LogP contribution in [0, 0.1) is 0 Å². The second kappa shape index (κ2) is 10.5. The summed E-state index contributed by atoms with van der Waals surface area (Å²) in [6, 6.07) is 9.37. The molecule has 0 atom stereocenters. The Morgan fingerprint density at radius 3 is 2.64 bits per heavy atom. The average Bonchev–Trinajstić information content (AvgIpc) is 2.76. The number of aromatic nitrogens is 2. The van der Waals surface area contributed by atoms with Crippen LogP contribution in [0.25, 0.3) is 0 Å². The topological polar surface area (TPSA) is 82.6 Å². The van der Waals surface area contributed by atoms with E-state index in [1.807, 2.05) is 30.3 Å². The van der Waals surface area contributed by atoms with Gasteiger partial charge in [0.2, 0.25) is 5.95 Å². The van der Waals surface area contributed by atoms with Crippen LogP contribution in [0.15, 0.2) is 42.7 Å². The number of urea groups is 1. The first-order chi connectivity index (χ1) is 13.7. The molecule has 28 heavy (non-hydrogen) atoms. The predicted octanol–water partition coefficient (Wildman–Crippen LogP) is 1.50. The Kier molecular flexibility index (Phi) is 7.43. The highest BCUT2D eigenvalue weighted by molar-refractivity contribution is 5.73. The van der Waals surface area contributed by atoms with E-state index in [2.05, 4.69) is 30.4 Å². The van der Waals surface area contributed by atoms with E-state index in [0.717, 1.165) is 56.4 Å². The van der Waals surface area contributed by atoms with Gasteiger partial charge in [-0.15, -0.1) is 0 Å². The van der Waals surface area contributed by atoms with Crippen molar-refractivity contribution in [3.63, 3.8) is 0 Å². The molecule has 2 heterocycles. The van der Waals surface area contributed by atoms with Gasteiger partial charge in [-0.1, -0.05) is 12.1 Å². The van der Waals surface area contributed by atoms with E-state index in [4.69, 9.17) is 4.74 Å². The smallest absolute Gasteiger partial charge is 0.315 e. The van der Waals surface area contributed by atoms with Crippen molar-refractivity contribution in [3.8, 4) is 5.75 Å². The van der Waals surface area contributed by atoms with Gasteiger partial charge in [-0.05, 0) is 36.7 Å². The van der Waals surface area contributed by atoms with Gasteiger partial charge in [0, 0.05) is 51.7 Å². The molecule has 2 N–H and O–H groups in total. The Morgan fingerprint density at radius 2 is 1.89 bits per heavy atom. The average molecular weight is 384 g/mol. The first-order valence-electron chi connectivity index (χ1n) is 9.63. The van der Waals surface area contributed by atoms with E-state index in [9.17, 15) is 4.79 Å². The number of methoxy groups -OCH3 is 1. The second-order valence-electron chi connectivity index (χ2n) is 6.69. The van der Waals surface area contributed by atoms with Gasteiger partial charge in [0.1, 0.15) is 5.75 Å². The van der Waals surface area contributed by atoms with Crippen molar-refractivity contribution in [3.05, 3.63) is 48.3 Å². The second-order valence-corrected chi connectivity index (χ2v) is 6.69. The Bertz CT molecular complexity index is 734. The van der Waals surface area contributed by atoms with Crippen LogP contribution in [0.4, 0.5) is 10.7 Å². The van der Waals surface area contributed by atoms with Crippen LogP contribution in [0.2, 0.25) is 0 Å². The van der Waals surface area contributed by atoms with E-state index < -0.39 is 0 Å². The number of carbonyl (C=O) groups is 1. The van der Waals surface area contributed by atoms with Crippen LogP contribution in [-0.4, -0.2) is 67.3 Å². The van der Waals surface area contributed by atoms with Crippen LogP contribution < -0.4 is 20.3 Å². The number of nitrogens with zero attached hydrogens (tertiary/aromatic N) is 4. The number of nitrogens with one attached hydrogen (secondary N) is 2. The largest absolute Gasteiger partial charge is 0.497 e. The summed E-state index contributed by atoms with van der Waals surface area (Å²) in [4.78, 5) is 25.2. The van der Waals surface area contributed by atoms with E-state index in [-0.39, 0.29) is 6.03 Å². The summed E-state index contributed by atoms with van der Waals surface area (Å²) < 4.78 is 5.19. The summed E-state index contributed by atoms with van der Waals surface area (Å²) in [5.41, 5.74) is 1.01. The summed E-state index contributed by atoms with van der Waals surface area (Å²) in [7, 11) is 1.63. The van der Waals surface area contributed by atoms with Crippen molar-refractivity contribution >= 4 is 12.0 Å². The van der Waals surface area contributed by atoms with E-state index in [1.165, 1.54) is 0 Å². The van der Waals surface area contributed by atoms with Crippen molar-refractivity contribution < 1.29 is 9.53 Å².